The molecule has 2 heterocycles. The number of nitrogens with one attached hydrogen (secondary N) is 1. The summed E-state index contributed by atoms with van der Waals surface area (Å²) in [5.41, 5.74) is 1.19. The lowest BCUT2D eigenvalue weighted by atomic mass is 10.1. The summed E-state index contributed by atoms with van der Waals surface area (Å²) in [7, 11) is 1.75. The van der Waals surface area contributed by atoms with Gasteiger partial charge in [-0.2, -0.15) is 4.80 Å². The largest absolute Gasteiger partial charge is 0.303 e. The molecule has 0 bridgehead atoms. The highest BCUT2D eigenvalue weighted by atomic mass is 15.6. The van der Waals surface area contributed by atoms with Gasteiger partial charge in [0.2, 0.25) is 0 Å². The Morgan fingerprint density at radius 1 is 1.38 bits per heavy atom. The lowest BCUT2D eigenvalue weighted by Gasteiger charge is -2.11. The zero-order valence-corrected chi connectivity index (χ0v) is 9.33. The molecule has 2 aromatic heterocycles. The zero-order valence-electron chi connectivity index (χ0n) is 9.33. The summed E-state index contributed by atoms with van der Waals surface area (Å²) in [4.78, 5) is 5.44. The molecule has 0 saturated heterocycles. The number of hydrogen-bond donors (Lipinski definition) is 1. The minimum absolute atomic E-state index is 0.242. The maximum Gasteiger partial charge on any atom is 0.188 e. The second-order valence-electron chi connectivity index (χ2n) is 3.58. The van der Waals surface area contributed by atoms with Crippen LogP contribution in [0.2, 0.25) is 0 Å². The molecular weight excluding hydrogens is 204 g/mol. The number of aromatic nitrogens is 5. The van der Waals surface area contributed by atoms with Crippen LogP contribution >= 0.6 is 0 Å². The van der Waals surface area contributed by atoms with Gasteiger partial charge < -0.3 is 5.32 Å². The SMILES string of the molecule is C[C@H](NCc1nnn(C)n1)c1ccncc1. The summed E-state index contributed by atoms with van der Waals surface area (Å²) in [6.07, 6.45) is 3.57. The molecule has 1 atom stereocenters. The fraction of sp³-hybridized carbons (Fsp3) is 0.400. The number of tetrazole rings is 1. The fourth-order valence-electron chi connectivity index (χ4n) is 1.41. The van der Waals surface area contributed by atoms with Gasteiger partial charge in [0.25, 0.3) is 0 Å². The Kier molecular flexibility index (Phi) is 3.21. The summed E-state index contributed by atoms with van der Waals surface area (Å²) in [6.45, 7) is 2.70. The zero-order chi connectivity index (χ0) is 11.4. The smallest absolute Gasteiger partial charge is 0.188 e. The van der Waals surface area contributed by atoms with Crippen LogP contribution in [-0.4, -0.2) is 25.2 Å². The molecular formula is C10H14N6. The topological polar surface area (TPSA) is 68.5 Å². The second kappa shape index (κ2) is 4.80. The average Bonchev–Trinajstić information content (AvgIpc) is 2.73. The molecule has 1 N–H and O–H groups in total. The van der Waals surface area contributed by atoms with E-state index < -0.39 is 0 Å². The lowest BCUT2D eigenvalue weighted by molar-refractivity contribution is 0.555. The highest BCUT2D eigenvalue weighted by Crippen LogP contribution is 2.10. The first-order valence-electron chi connectivity index (χ1n) is 5.12. The first kappa shape index (κ1) is 10.7. The molecule has 0 aliphatic carbocycles. The van der Waals surface area contributed by atoms with Gasteiger partial charge in [0.1, 0.15) is 0 Å². The predicted molar refractivity (Wildman–Crippen MR) is 58.3 cm³/mol. The van der Waals surface area contributed by atoms with Gasteiger partial charge in [-0.25, -0.2) is 0 Å². The van der Waals surface area contributed by atoms with Gasteiger partial charge in [-0.05, 0) is 29.8 Å². The van der Waals surface area contributed by atoms with E-state index in [9.17, 15) is 0 Å². The monoisotopic (exact) mass is 218 g/mol. The molecule has 0 aromatic carbocycles. The molecule has 0 aliphatic heterocycles. The van der Waals surface area contributed by atoms with E-state index in [2.05, 4.69) is 32.6 Å². The summed E-state index contributed by atoms with van der Waals surface area (Å²) in [5.74, 6) is 0.698. The minimum Gasteiger partial charge on any atom is -0.303 e. The Balaban J connectivity index is 1.91. The molecule has 16 heavy (non-hydrogen) atoms. The molecule has 2 rings (SSSR count). The third kappa shape index (κ3) is 2.60. The molecule has 0 aliphatic rings. The molecule has 2 aromatic rings. The van der Waals surface area contributed by atoms with Crippen molar-refractivity contribution in [3.8, 4) is 0 Å². The van der Waals surface area contributed by atoms with Crippen LogP contribution in [0.5, 0.6) is 0 Å². The van der Waals surface area contributed by atoms with Crippen molar-refractivity contribution in [2.75, 3.05) is 0 Å². The van der Waals surface area contributed by atoms with Crippen LogP contribution in [0.1, 0.15) is 24.4 Å². The third-order valence-electron chi connectivity index (χ3n) is 2.32. The molecule has 0 fully saturated rings. The first-order chi connectivity index (χ1) is 7.75. The molecule has 0 amide bonds. The van der Waals surface area contributed by atoms with E-state index >= 15 is 0 Å². The Hall–Kier alpha value is -1.82. The maximum absolute atomic E-state index is 4.10. The van der Waals surface area contributed by atoms with Crippen LogP contribution in [0, 0.1) is 0 Å². The van der Waals surface area contributed by atoms with Gasteiger partial charge in [-0.1, -0.05) is 0 Å². The van der Waals surface area contributed by atoms with Crippen molar-refractivity contribution in [3.05, 3.63) is 35.9 Å². The van der Waals surface area contributed by atoms with Crippen molar-refractivity contribution in [1.82, 2.24) is 30.5 Å². The maximum atomic E-state index is 4.10. The van der Waals surface area contributed by atoms with Gasteiger partial charge in [-0.15, -0.1) is 10.2 Å². The van der Waals surface area contributed by atoms with Gasteiger partial charge >= 0.3 is 0 Å². The summed E-state index contributed by atoms with van der Waals surface area (Å²) in [6, 6.07) is 4.22. The van der Waals surface area contributed by atoms with Gasteiger partial charge in [0, 0.05) is 18.4 Å². The van der Waals surface area contributed by atoms with Crippen LogP contribution in [0.3, 0.4) is 0 Å². The van der Waals surface area contributed by atoms with Crippen LogP contribution < -0.4 is 5.32 Å². The Bertz CT molecular complexity index is 438. The molecule has 0 spiro atoms. The van der Waals surface area contributed by atoms with E-state index in [1.807, 2.05) is 12.1 Å². The van der Waals surface area contributed by atoms with Gasteiger partial charge in [0.15, 0.2) is 5.82 Å². The molecule has 0 unspecified atom stereocenters. The number of pyridine rings is 1. The summed E-state index contributed by atoms with van der Waals surface area (Å²) in [5, 5.41) is 15.1. The quantitative estimate of drug-likeness (QED) is 0.807. The predicted octanol–water partition coefficient (Wildman–Crippen LogP) is 0.456. The van der Waals surface area contributed by atoms with Crippen molar-refractivity contribution in [3.63, 3.8) is 0 Å². The van der Waals surface area contributed by atoms with E-state index in [1.165, 1.54) is 10.4 Å². The van der Waals surface area contributed by atoms with Crippen molar-refractivity contribution in [1.29, 1.82) is 0 Å². The van der Waals surface area contributed by atoms with Crippen molar-refractivity contribution < 1.29 is 0 Å². The van der Waals surface area contributed by atoms with E-state index in [-0.39, 0.29) is 6.04 Å². The fourth-order valence-corrected chi connectivity index (χ4v) is 1.41. The molecule has 0 saturated carbocycles. The summed E-state index contributed by atoms with van der Waals surface area (Å²) >= 11 is 0. The molecule has 84 valence electrons. The highest BCUT2D eigenvalue weighted by molar-refractivity contribution is 5.13. The van der Waals surface area contributed by atoms with Gasteiger partial charge in [0.05, 0.1) is 13.6 Å². The molecule has 6 nitrogen and oxygen atoms in total. The number of hydrogen-bond acceptors (Lipinski definition) is 5. The standard InChI is InChI=1S/C10H14N6/c1-8(9-3-5-11-6-4-9)12-7-10-13-15-16(2)14-10/h3-6,8,12H,7H2,1-2H3/t8-/m0/s1. The van der Waals surface area contributed by atoms with Crippen LogP contribution in [0.4, 0.5) is 0 Å². The summed E-state index contributed by atoms with van der Waals surface area (Å²) < 4.78 is 0. The van der Waals surface area contributed by atoms with Crippen molar-refractivity contribution in [2.24, 2.45) is 7.05 Å². The lowest BCUT2D eigenvalue weighted by Crippen LogP contribution is -2.19. The Morgan fingerprint density at radius 3 is 2.75 bits per heavy atom. The average molecular weight is 218 g/mol. The van der Waals surface area contributed by atoms with Crippen molar-refractivity contribution in [2.45, 2.75) is 19.5 Å². The number of nitrogens with zero attached hydrogens (tertiary/aromatic N) is 5. The van der Waals surface area contributed by atoms with Crippen molar-refractivity contribution >= 4 is 0 Å². The van der Waals surface area contributed by atoms with E-state index in [0.29, 0.717) is 12.4 Å². The van der Waals surface area contributed by atoms with Crippen LogP contribution in [0.25, 0.3) is 0 Å². The normalized spacial score (nSPS) is 12.6. The molecule has 6 heteroatoms. The second-order valence-corrected chi connectivity index (χ2v) is 3.58. The first-order valence-corrected chi connectivity index (χ1v) is 5.12. The minimum atomic E-state index is 0.242. The van der Waals surface area contributed by atoms with Crippen LogP contribution in [0.15, 0.2) is 24.5 Å². The van der Waals surface area contributed by atoms with E-state index in [0.717, 1.165) is 0 Å². The number of aryl methyl sites for hydroxylation is 1. The Morgan fingerprint density at radius 2 is 2.12 bits per heavy atom. The van der Waals surface area contributed by atoms with E-state index in [4.69, 9.17) is 0 Å². The third-order valence-corrected chi connectivity index (χ3v) is 2.32. The Labute approximate surface area is 93.7 Å². The highest BCUT2D eigenvalue weighted by Gasteiger charge is 2.06. The van der Waals surface area contributed by atoms with Gasteiger partial charge in [-0.3, -0.25) is 4.98 Å². The van der Waals surface area contributed by atoms with E-state index in [1.54, 1.807) is 19.4 Å². The number of rotatable bonds is 4. The van der Waals surface area contributed by atoms with Crippen LogP contribution in [-0.2, 0) is 13.6 Å². The molecule has 0 radical (unpaired) electrons.